The summed E-state index contributed by atoms with van der Waals surface area (Å²) in [5.41, 5.74) is 34.7. The Balaban J connectivity index is 0.000000120. The van der Waals surface area contributed by atoms with Crippen LogP contribution < -0.4 is 0 Å². The molecule has 0 bridgehead atoms. The first-order valence-corrected chi connectivity index (χ1v) is 40.3. The van der Waals surface area contributed by atoms with Crippen molar-refractivity contribution >= 4 is 55.0 Å². The zero-order chi connectivity index (χ0) is 76.9. The smallest absolute Gasteiger partial charge is 0.235 e. The normalized spacial score (nSPS) is 14.4. The molecule has 115 heavy (non-hydrogen) atoms. The maximum Gasteiger partial charge on any atom is 0.235 e. The number of rotatable bonds is 7. The molecule has 5 nitrogen and oxygen atoms in total. The van der Waals surface area contributed by atoms with Crippen molar-refractivity contribution in [1.29, 1.82) is 0 Å². The van der Waals surface area contributed by atoms with Crippen LogP contribution in [0.3, 0.4) is 0 Å². The Morgan fingerprint density at radius 3 is 1.16 bits per heavy atom. The van der Waals surface area contributed by atoms with E-state index in [4.69, 9.17) is 31.5 Å². The molecular weight excluding hydrogens is 1410 g/mol. The van der Waals surface area contributed by atoms with Crippen molar-refractivity contribution < 1.29 is 0 Å². The number of aromatic nitrogens is 5. The number of nitrogens with zero attached hydrogens (tertiary/aromatic N) is 5. The van der Waals surface area contributed by atoms with Crippen LogP contribution in [0.15, 0.2) is 376 Å². The van der Waals surface area contributed by atoms with Gasteiger partial charge in [0.05, 0.1) is 44.6 Å². The summed E-state index contributed by atoms with van der Waals surface area (Å²) in [4.78, 5) is 20.9. The van der Waals surface area contributed by atoms with Gasteiger partial charge in [-0.1, -0.05) is 367 Å². The average Bonchev–Trinajstić information content (AvgIpc) is 1.54. The first-order chi connectivity index (χ1) is 56.5. The summed E-state index contributed by atoms with van der Waals surface area (Å²) in [5, 5.41) is 7.76. The van der Waals surface area contributed by atoms with Crippen molar-refractivity contribution in [3.05, 3.63) is 459 Å². The van der Waals surface area contributed by atoms with Crippen LogP contribution in [0.5, 0.6) is 0 Å². The lowest BCUT2D eigenvalue weighted by Crippen LogP contribution is -2.28. The quantitative estimate of drug-likeness (QED) is 0.149. The number of hydrogen-bond donors (Lipinski definition) is 0. The third-order valence-corrected chi connectivity index (χ3v) is 25.8. The number of fused-ring (bicyclic) bond motifs is 20. The zero-order valence-electron chi connectivity index (χ0n) is 64.1. The molecule has 0 saturated heterocycles. The molecule has 16 aromatic carbocycles. The van der Waals surface area contributed by atoms with Gasteiger partial charge >= 0.3 is 0 Å². The summed E-state index contributed by atoms with van der Waals surface area (Å²) in [5.74, 6) is 0.682. The van der Waals surface area contributed by atoms with E-state index in [-0.39, 0.29) is 16.1 Å². The lowest BCUT2D eigenvalue weighted by molar-refractivity contribution is 0.656. The maximum absolute atomic E-state index is 6.62. The van der Waals surface area contributed by atoms with Gasteiger partial charge < -0.3 is 0 Å². The molecule has 0 atom stereocenters. The predicted molar refractivity (Wildman–Crippen MR) is 474 cm³/mol. The molecule has 0 fully saturated rings. The first-order valence-electron chi connectivity index (χ1n) is 39.9. The van der Waals surface area contributed by atoms with E-state index in [1.54, 1.807) is 0 Å². The summed E-state index contributed by atoms with van der Waals surface area (Å²) >= 11 is 6.62. The van der Waals surface area contributed by atoms with Gasteiger partial charge in [0.2, 0.25) is 11.2 Å². The molecule has 6 heteroatoms. The molecule has 0 saturated carbocycles. The van der Waals surface area contributed by atoms with Crippen LogP contribution in [0.2, 0.25) is 5.28 Å². The molecule has 0 spiro atoms. The highest BCUT2D eigenvalue weighted by molar-refractivity contribution is 6.28. The molecule has 5 aliphatic rings. The highest BCUT2D eigenvalue weighted by atomic mass is 35.5. The second-order valence-corrected chi connectivity index (χ2v) is 32.7. The molecule has 0 N–H and O–H groups in total. The highest BCUT2D eigenvalue weighted by Gasteiger charge is 2.49. The molecule has 3 heterocycles. The van der Waals surface area contributed by atoms with E-state index in [0.717, 1.165) is 62.5 Å². The Hall–Kier alpha value is -13.7. The fraction of sp³-hybridized carbons (Fsp3) is 0.0826. The van der Waals surface area contributed by atoms with Crippen LogP contribution in [0.25, 0.3) is 128 Å². The summed E-state index contributed by atoms with van der Waals surface area (Å²) in [7, 11) is 0. The lowest BCUT2D eigenvalue weighted by atomic mass is 9.67. The second kappa shape index (κ2) is 26.2. The fourth-order valence-corrected chi connectivity index (χ4v) is 20.8. The Labute approximate surface area is 674 Å². The van der Waals surface area contributed by atoms with Crippen LogP contribution in [-0.2, 0) is 28.1 Å². The molecule has 19 aromatic rings. The number of hydrogen-bond acceptors (Lipinski definition) is 4. The van der Waals surface area contributed by atoms with Gasteiger partial charge in [-0.05, 0) is 176 Å². The molecule has 0 aliphatic heterocycles. The van der Waals surface area contributed by atoms with E-state index >= 15 is 0 Å². The van der Waals surface area contributed by atoms with Crippen LogP contribution in [0.4, 0.5) is 0 Å². The van der Waals surface area contributed by atoms with Crippen molar-refractivity contribution in [2.45, 2.75) is 55.8 Å². The van der Waals surface area contributed by atoms with Crippen LogP contribution in [0.1, 0.15) is 106 Å². The Bertz CT molecular complexity index is 7120. The third kappa shape index (κ3) is 10.2. The fourth-order valence-electron chi connectivity index (χ4n) is 20.6. The standard InChI is InChI=1S/C54H37N3.C38H27ClN2.C17H12/c1-53(2)44-26-14-12-25-41(44)51-49(53)50(55-52(56-51)57-47-28-16-13-24-40(47)43-31-34-17-9-10-18-35(34)33-48(43)57)36-29-30-46-42(32-36)39-23-11-15-27-45(39)54(46,37-19-5-3-6-20-37)38-21-7-4-8-22-38;1-37(2)30-19-11-10-18-28(30)35-33(37)34(40-36(39)41-35)24-21-22-32-29(23-24)27-17-9-12-20-31(27)38(32,25-13-5-3-6-14-25)26-15-7-4-8-16-26;1-2-6-13-11-17-15(9-12(13)5-1)10-14-7-3-4-8-16(14)17/h3-33H,1-2H3;3-23H,1-2H3;1-9,11H,10H2. The van der Waals surface area contributed by atoms with Gasteiger partial charge in [-0.15, -0.1) is 0 Å². The number of halogens is 1. The van der Waals surface area contributed by atoms with E-state index in [1.807, 2.05) is 0 Å². The number of benzene rings is 16. The summed E-state index contributed by atoms with van der Waals surface area (Å²) in [6.07, 6.45) is 1.08. The van der Waals surface area contributed by atoms with Gasteiger partial charge in [-0.3, -0.25) is 4.57 Å². The predicted octanol–water partition coefficient (Wildman–Crippen LogP) is 26.9. The SMILES string of the molecule is CC1(C)c2ccccc2-c2nc(-n3c4ccccc4c4cc5ccccc5cc43)nc(-c3ccc4c(c3)-c3ccccc3C4(c3ccccc3)c3ccccc3)c21.CC1(C)c2ccccc2-c2nc(Cl)nc(-c3ccc4c(c3)-c3ccccc3C4(c3ccccc3)c3ccccc3)c21.c1ccc2c(c1)Cc1cc3ccccc3cc1-2. The van der Waals surface area contributed by atoms with Gasteiger partial charge in [-0.25, -0.2) is 19.9 Å². The Morgan fingerprint density at radius 2 is 0.635 bits per heavy atom. The first kappa shape index (κ1) is 68.1. The van der Waals surface area contributed by atoms with Crippen molar-refractivity contribution in [2.75, 3.05) is 0 Å². The van der Waals surface area contributed by atoms with E-state index in [0.29, 0.717) is 5.95 Å². The maximum atomic E-state index is 6.62. The molecule has 3 aromatic heterocycles. The average molecular weight is 1490 g/mol. The molecular formula is C109H76ClN5. The topological polar surface area (TPSA) is 56.5 Å². The van der Waals surface area contributed by atoms with Crippen molar-refractivity contribution in [1.82, 2.24) is 24.5 Å². The molecule has 0 amide bonds. The van der Waals surface area contributed by atoms with E-state index in [9.17, 15) is 0 Å². The van der Waals surface area contributed by atoms with Crippen molar-refractivity contribution in [2.24, 2.45) is 0 Å². The van der Waals surface area contributed by atoms with E-state index in [1.165, 1.54) is 144 Å². The van der Waals surface area contributed by atoms with Gasteiger partial charge in [0.15, 0.2) is 0 Å². The monoisotopic (exact) mass is 1490 g/mol. The Kier molecular flexibility index (Phi) is 15.5. The molecule has 544 valence electrons. The van der Waals surface area contributed by atoms with Crippen molar-refractivity contribution in [3.63, 3.8) is 0 Å². The highest BCUT2D eigenvalue weighted by Crippen LogP contribution is 2.61. The largest absolute Gasteiger partial charge is 0.278 e. The molecule has 24 rings (SSSR count). The zero-order valence-corrected chi connectivity index (χ0v) is 64.9. The second-order valence-electron chi connectivity index (χ2n) is 32.3. The lowest BCUT2D eigenvalue weighted by Gasteiger charge is -2.34. The van der Waals surface area contributed by atoms with Crippen LogP contribution in [0, 0.1) is 0 Å². The van der Waals surface area contributed by atoms with Gasteiger partial charge in [0, 0.05) is 55.0 Å². The molecule has 0 unspecified atom stereocenters. The van der Waals surface area contributed by atoms with Gasteiger partial charge in [-0.2, -0.15) is 0 Å². The minimum atomic E-state index is -0.465. The van der Waals surface area contributed by atoms with Crippen LogP contribution in [-0.4, -0.2) is 24.5 Å². The van der Waals surface area contributed by atoms with Crippen molar-refractivity contribution in [3.8, 4) is 84.4 Å². The Morgan fingerprint density at radius 1 is 0.261 bits per heavy atom. The summed E-state index contributed by atoms with van der Waals surface area (Å²) < 4.78 is 2.29. The molecule has 0 radical (unpaired) electrons. The van der Waals surface area contributed by atoms with Gasteiger partial charge in [0.1, 0.15) is 0 Å². The van der Waals surface area contributed by atoms with Gasteiger partial charge in [0.25, 0.3) is 0 Å². The van der Waals surface area contributed by atoms with Crippen LogP contribution >= 0.6 is 11.6 Å². The van der Waals surface area contributed by atoms with E-state index in [2.05, 4.69) is 408 Å². The number of para-hydroxylation sites is 1. The molecule has 5 aliphatic carbocycles. The minimum Gasteiger partial charge on any atom is -0.278 e. The van der Waals surface area contributed by atoms with E-state index < -0.39 is 10.8 Å². The third-order valence-electron chi connectivity index (χ3n) is 25.6. The summed E-state index contributed by atoms with van der Waals surface area (Å²) in [6, 6.07) is 137. The minimum absolute atomic E-state index is 0.249. The summed E-state index contributed by atoms with van der Waals surface area (Å²) in [6.45, 7) is 9.18.